The van der Waals surface area contributed by atoms with Crippen molar-refractivity contribution in [2.75, 3.05) is 19.3 Å². The lowest BCUT2D eigenvalue weighted by molar-refractivity contribution is -0.274. The molecule has 0 fully saturated rings. The van der Waals surface area contributed by atoms with Crippen molar-refractivity contribution in [2.24, 2.45) is 0 Å². The van der Waals surface area contributed by atoms with Crippen molar-refractivity contribution < 1.29 is 26.3 Å². The fourth-order valence-electron chi connectivity index (χ4n) is 1.40. The number of halogens is 4. The first-order valence-electron chi connectivity index (χ1n) is 5.79. The van der Waals surface area contributed by atoms with Gasteiger partial charge in [0.15, 0.2) is 0 Å². The van der Waals surface area contributed by atoms with Crippen LogP contribution in [0.15, 0.2) is 22.7 Å². The lowest BCUT2D eigenvalue weighted by Gasteiger charge is -2.12. The number of ether oxygens (including phenoxy) is 1. The van der Waals surface area contributed by atoms with Crippen molar-refractivity contribution >= 4 is 26.0 Å². The summed E-state index contributed by atoms with van der Waals surface area (Å²) in [6.07, 6.45) is -4.75. The number of alkyl halides is 3. The molecule has 0 bridgehead atoms. The maximum absolute atomic E-state index is 12.1. The van der Waals surface area contributed by atoms with Crippen LogP contribution in [-0.2, 0) is 16.6 Å². The summed E-state index contributed by atoms with van der Waals surface area (Å²) in [6, 6.07) is 4.13. The van der Waals surface area contributed by atoms with Crippen molar-refractivity contribution in [3.8, 4) is 5.75 Å². The van der Waals surface area contributed by atoms with Crippen molar-refractivity contribution in [1.29, 1.82) is 0 Å². The number of benzene rings is 1. The van der Waals surface area contributed by atoms with E-state index in [-0.39, 0.29) is 22.5 Å². The number of nitrogens with one attached hydrogen (secondary N) is 2. The van der Waals surface area contributed by atoms with E-state index in [1.54, 1.807) is 0 Å². The average molecular weight is 391 g/mol. The molecule has 0 heterocycles. The van der Waals surface area contributed by atoms with Gasteiger partial charge >= 0.3 is 6.36 Å². The highest BCUT2D eigenvalue weighted by molar-refractivity contribution is 9.10. The van der Waals surface area contributed by atoms with Gasteiger partial charge in [0.25, 0.3) is 0 Å². The van der Waals surface area contributed by atoms with Crippen LogP contribution in [0.25, 0.3) is 0 Å². The van der Waals surface area contributed by atoms with Gasteiger partial charge in [0, 0.05) is 13.1 Å². The average Bonchev–Trinajstić information content (AvgIpc) is 2.36. The van der Waals surface area contributed by atoms with Gasteiger partial charge in [-0.25, -0.2) is 13.1 Å². The maximum Gasteiger partial charge on any atom is 0.573 e. The van der Waals surface area contributed by atoms with Crippen molar-refractivity contribution in [2.45, 2.75) is 12.9 Å². The third kappa shape index (κ3) is 7.11. The Morgan fingerprint density at radius 1 is 1.33 bits per heavy atom. The lowest BCUT2D eigenvalue weighted by Crippen LogP contribution is -2.29. The Balaban J connectivity index is 2.53. The predicted molar refractivity (Wildman–Crippen MR) is 75.4 cm³/mol. The first-order valence-corrected chi connectivity index (χ1v) is 8.23. The van der Waals surface area contributed by atoms with Crippen LogP contribution in [0.2, 0.25) is 0 Å². The Labute approximate surface area is 129 Å². The van der Waals surface area contributed by atoms with Gasteiger partial charge in [0.05, 0.1) is 10.2 Å². The summed E-state index contributed by atoms with van der Waals surface area (Å²) in [5.74, 6) is -0.413. The van der Waals surface area contributed by atoms with E-state index in [0.717, 1.165) is 0 Å². The van der Waals surface area contributed by atoms with E-state index < -0.39 is 16.4 Å². The molecule has 2 N–H and O–H groups in total. The largest absolute Gasteiger partial charge is 0.573 e. The molecule has 0 spiro atoms. The van der Waals surface area contributed by atoms with E-state index in [9.17, 15) is 21.6 Å². The highest BCUT2D eigenvalue weighted by Gasteiger charge is 2.31. The molecule has 0 aliphatic heterocycles. The maximum atomic E-state index is 12.1. The number of hydrogen-bond donors (Lipinski definition) is 2. The normalized spacial score (nSPS) is 12.4. The molecule has 0 saturated heterocycles. The Morgan fingerprint density at radius 2 is 2.00 bits per heavy atom. The Bertz CT molecular complexity index is 579. The molecule has 0 aromatic heterocycles. The molecule has 0 unspecified atom stereocenters. The van der Waals surface area contributed by atoms with E-state index in [1.807, 2.05) is 0 Å². The summed E-state index contributed by atoms with van der Waals surface area (Å²) >= 11 is 2.99. The van der Waals surface area contributed by atoms with E-state index >= 15 is 0 Å². The van der Waals surface area contributed by atoms with Crippen LogP contribution >= 0.6 is 15.9 Å². The second-order valence-electron chi connectivity index (χ2n) is 4.01. The highest BCUT2D eigenvalue weighted by atomic mass is 79.9. The zero-order valence-electron chi connectivity index (χ0n) is 11.0. The molecule has 10 heteroatoms. The Hall–Kier alpha value is -0.840. The molecule has 1 aromatic carbocycles. The van der Waals surface area contributed by atoms with Crippen LogP contribution in [0.5, 0.6) is 5.75 Å². The number of sulfonamides is 1. The summed E-state index contributed by atoms with van der Waals surface area (Å²) in [4.78, 5) is 0. The zero-order chi connectivity index (χ0) is 16.1. The molecular weight excluding hydrogens is 377 g/mol. The van der Waals surface area contributed by atoms with Crippen molar-refractivity contribution in [3.63, 3.8) is 0 Å². The van der Waals surface area contributed by atoms with Crippen LogP contribution in [0.3, 0.4) is 0 Å². The summed E-state index contributed by atoms with van der Waals surface area (Å²) in [6.45, 7) is 0.547. The first kappa shape index (κ1) is 18.2. The minimum Gasteiger partial charge on any atom is -0.405 e. The van der Waals surface area contributed by atoms with Crippen molar-refractivity contribution in [3.05, 3.63) is 28.2 Å². The fourth-order valence-corrected chi connectivity index (χ4v) is 2.53. The Kier molecular flexibility index (Phi) is 6.44. The molecule has 5 nitrogen and oxygen atoms in total. The molecule has 0 aliphatic carbocycles. The van der Waals surface area contributed by atoms with Crippen LogP contribution in [0, 0.1) is 0 Å². The number of hydrogen-bond acceptors (Lipinski definition) is 4. The minimum absolute atomic E-state index is 0.0834. The van der Waals surface area contributed by atoms with Gasteiger partial charge in [-0.2, -0.15) is 0 Å². The molecule has 0 radical (unpaired) electrons. The molecule has 0 saturated carbocycles. The smallest absolute Gasteiger partial charge is 0.405 e. The first-order chi connectivity index (χ1) is 9.63. The van der Waals surface area contributed by atoms with Gasteiger partial charge in [0.1, 0.15) is 5.75 Å². The fraction of sp³-hybridized carbons (Fsp3) is 0.455. The molecule has 1 aromatic rings. The summed E-state index contributed by atoms with van der Waals surface area (Å²) in [5.41, 5.74) is 0.693. The summed E-state index contributed by atoms with van der Waals surface area (Å²) in [5, 5.41) is 2.88. The van der Waals surface area contributed by atoms with E-state index in [1.165, 1.54) is 25.2 Å². The second-order valence-corrected chi connectivity index (χ2v) is 6.91. The van der Waals surface area contributed by atoms with E-state index in [2.05, 4.69) is 30.7 Å². The van der Waals surface area contributed by atoms with Gasteiger partial charge in [-0.05, 0) is 40.7 Å². The zero-order valence-corrected chi connectivity index (χ0v) is 13.4. The van der Waals surface area contributed by atoms with Gasteiger partial charge in [-0.1, -0.05) is 6.07 Å². The molecule has 1 rings (SSSR count). The third-order valence-electron chi connectivity index (χ3n) is 2.41. The predicted octanol–water partition coefficient (Wildman–Crippen LogP) is 1.99. The van der Waals surface area contributed by atoms with Gasteiger partial charge in [-0.3, -0.25) is 0 Å². The lowest BCUT2D eigenvalue weighted by atomic mass is 10.2. The quantitative estimate of drug-likeness (QED) is 0.698. The van der Waals surface area contributed by atoms with Crippen molar-refractivity contribution in [1.82, 2.24) is 10.0 Å². The van der Waals surface area contributed by atoms with Gasteiger partial charge < -0.3 is 10.1 Å². The molecule has 120 valence electrons. The van der Waals surface area contributed by atoms with Gasteiger partial charge in [0.2, 0.25) is 10.0 Å². The SMILES string of the molecule is CNS(=O)(=O)CCNCc1ccc(OC(F)(F)F)c(Br)c1. The topological polar surface area (TPSA) is 67.4 Å². The Morgan fingerprint density at radius 3 is 2.52 bits per heavy atom. The molecule has 0 aliphatic rings. The highest BCUT2D eigenvalue weighted by Crippen LogP contribution is 2.30. The third-order valence-corrected chi connectivity index (χ3v) is 4.39. The van der Waals surface area contributed by atoms with E-state index in [0.29, 0.717) is 12.1 Å². The molecule has 0 atom stereocenters. The minimum atomic E-state index is -4.75. The van der Waals surface area contributed by atoms with Crippen LogP contribution in [0.1, 0.15) is 5.56 Å². The molecule has 21 heavy (non-hydrogen) atoms. The van der Waals surface area contributed by atoms with Crippen LogP contribution < -0.4 is 14.8 Å². The monoisotopic (exact) mass is 390 g/mol. The second kappa shape index (κ2) is 7.43. The molecule has 0 amide bonds. The summed E-state index contributed by atoms with van der Waals surface area (Å²) in [7, 11) is -1.95. The standard InChI is InChI=1S/C11H14BrF3N2O3S/c1-16-21(18,19)5-4-17-7-8-2-3-10(9(12)6-8)20-11(13,14)15/h2-3,6,16-17H,4-5,7H2,1H3. The summed E-state index contributed by atoms with van der Waals surface area (Å²) < 4.78 is 64.8. The number of rotatable bonds is 7. The van der Waals surface area contributed by atoms with E-state index in [4.69, 9.17) is 0 Å². The van der Waals surface area contributed by atoms with Gasteiger partial charge in [-0.15, -0.1) is 13.2 Å². The molecular formula is C11H14BrF3N2O3S. The van der Waals surface area contributed by atoms with Crippen LogP contribution in [-0.4, -0.2) is 34.1 Å². The van der Waals surface area contributed by atoms with Crippen LogP contribution in [0.4, 0.5) is 13.2 Å².